The van der Waals surface area contributed by atoms with Crippen molar-refractivity contribution in [3.05, 3.63) is 32.4 Å². The Morgan fingerprint density at radius 1 is 1.59 bits per heavy atom. The van der Waals surface area contributed by atoms with Gasteiger partial charge in [0, 0.05) is 18.5 Å². The Morgan fingerprint density at radius 2 is 2.41 bits per heavy atom. The number of halogens is 2. The van der Waals surface area contributed by atoms with Crippen molar-refractivity contribution in [2.24, 2.45) is 0 Å². The van der Waals surface area contributed by atoms with Crippen LogP contribution in [0.2, 0.25) is 0 Å². The molecule has 0 bridgehead atoms. The molecule has 0 aliphatic carbocycles. The highest BCUT2D eigenvalue weighted by atomic mass is 79.9. The molecule has 2 rings (SSSR count). The Hall–Kier alpha value is -0.360. The summed E-state index contributed by atoms with van der Waals surface area (Å²) in [7, 11) is 0. The van der Waals surface area contributed by atoms with Crippen molar-refractivity contribution in [1.29, 1.82) is 0 Å². The average molecular weight is 338 g/mol. The summed E-state index contributed by atoms with van der Waals surface area (Å²) in [6.07, 6.45) is 3.17. The molecule has 1 aliphatic heterocycles. The SMILES string of the molecule is Cl.O=C(NCC1=CCNCC1)c1csc(Br)c1. The van der Waals surface area contributed by atoms with E-state index in [1.165, 1.54) is 16.9 Å². The van der Waals surface area contributed by atoms with Gasteiger partial charge >= 0.3 is 0 Å². The fourth-order valence-electron chi connectivity index (χ4n) is 1.56. The van der Waals surface area contributed by atoms with E-state index in [1.54, 1.807) is 0 Å². The molecule has 94 valence electrons. The summed E-state index contributed by atoms with van der Waals surface area (Å²) in [5, 5.41) is 8.03. The van der Waals surface area contributed by atoms with Crippen LogP contribution in [0.15, 0.2) is 26.9 Å². The van der Waals surface area contributed by atoms with Crippen molar-refractivity contribution < 1.29 is 4.79 Å². The highest BCUT2D eigenvalue weighted by Crippen LogP contribution is 2.20. The Bertz CT molecular complexity index is 419. The topological polar surface area (TPSA) is 41.1 Å². The molecule has 1 aromatic heterocycles. The number of carbonyl (C=O) groups excluding carboxylic acids is 1. The molecule has 0 atom stereocenters. The minimum atomic E-state index is 0. The maximum Gasteiger partial charge on any atom is 0.252 e. The van der Waals surface area contributed by atoms with Crippen LogP contribution >= 0.6 is 39.7 Å². The zero-order valence-electron chi connectivity index (χ0n) is 9.16. The lowest BCUT2D eigenvalue weighted by atomic mass is 10.1. The monoisotopic (exact) mass is 336 g/mol. The van der Waals surface area contributed by atoms with Crippen molar-refractivity contribution in [1.82, 2.24) is 10.6 Å². The second kappa shape index (κ2) is 7.16. The predicted octanol–water partition coefficient (Wildman–Crippen LogP) is 2.58. The zero-order valence-corrected chi connectivity index (χ0v) is 12.4. The summed E-state index contributed by atoms with van der Waals surface area (Å²) in [4.78, 5) is 11.7. The summed E-state index contributed by atoms with van der Waals surface area (Å²) in [5.74, 6) is 0.00128. The molecule has 0 saturated carbocycles. The van der Waals surface area contributed by atoms with Gasteiger partial charge in [-0.15, -0.1) is 23.7 Å². The first kappa shape index (κ1) is 14.7. The van der Waals surface area contributed by atoms with Crippen molar-refractivity contribution in [3.8, 4) is 0 Å². The summed E-state index contributed by atoms with van der Waals surface area (Å²) in [6, 6.07) is 1.84. The van der Waals surface area contributed by atoms with Gasteiger partial charge in [-0.05, 0) is 35.0 Å². The van der Waals surface area contributed by atoms with E-state index in [0.717, 1.165) is 28.9 Å². The highest BCUT2D eigenvalue weighted by molar-refractivity contribution is 9.11. The van der Waals surface area contributed by atoms with Gasteiger partial charge in [0.25, 0.3) is 5.91 Å². The van der Waals surface area contributed by atoms with Gasteiger partial charge in [-0.3, -0.25) is 4.79 Å². The predicted molar refractivity (Wildman–Crippen MR) is 77.2 cm³/mol. The van der Waals surface area contributed by atoms with Gasteiger partial charge in [-0.25, -0.2) is 0 Å². The van der Waals surface area contributed by atoms with Crippen molar-refractivity contribution in [2.45, 2.75) is 6.42 Å². The second-order valence-electron chi connectivity index (χ2n) is 3.64. The molecule has 0 saturated heterocycles. The zero-order chi connectivity index (χ0) is 11.4. The summed E-state index contributed by atoms with van der Waals surface area (Å²) >= 11 is 4.87. The van der Waals surface area contributed by atoms with Crippen LogP contribution in [0, 0.1) is 0 Å². The van der Waals surface area contributed by atoms with E-state index in [1.807, 2.05) is 11.4 Å². The standard InChI is InChI=1S/C11H13BrN2OS.ClH/c12-10-5-9(7-16-10)11(15)14-6-8-1-3-13-4-2-8;/h1,5,7,13H,2-4,6H2,(H,14,15);1H. The van der Waals surface area contributed by atoms with Gasteiger partial charge in [0.15, 0.2) is 0 Å². The van der Waals surface area contributed by atoms with Crippen molar-refractivity contribution >= 4 is 45.6 Å². The molecule has 0 spiro atoms. The molecular weight excluding hydrogens is 324 g/mol. The van der Waals surface area contributed by atoms with E-state index in [9.17, 15) is 4.79 Å². The molecule has 0 aromatic carbocycles. The smallest absolute Gasteiger partial charge is 0.252 e. The Balaban J connectivity index is 0.00000144. The van der Waals surface area contributed by atoms with Crippen LogP contribution in [-0.4, -0.2) is 25.5 Å². The Labute approximate surface area is 119 Å². The number of amides is 1. The lowest BCUT2D eigenvalue weighted by Gasteiger charge is -2.14. The largest absolute Gasteiger partial charge is 0.348 e. The van der Waals surface area contributed by atoms with E-state index in [-0.39, 0.29) is 18.3 Å². The first-order chi connectivity index (χ1) is 7.75. The van der Waals surface area contributed by atoms with Crippen LogP contribution < -0.4 is 10.6 Å². The van der Waals surface area contributed by atoms with Crippen LogP contribution in [-0.2, 0) is 0 Å². The third-order valence-corrected chi connectivity index (χ3v) is 3.97. The number of thiophene rings is 1. The molecule has 1 aromatic rings. The number of carbonyl (C=O) groups is 1. The molecule has 2 N–H and O–H groups in total. The third-order valence-electron chi connectivity index (χ3n) is 2.46. The van der Waals surface area contributed by atoms with Gasteiger partial charge in [0.05, 0.1) is 9.35 Å². The lowest BCUT2D eigenvalue weighted by Crippen LogP contribution is -2.29. The number of hydrogen-bond acceptors (Lipinski definition) is 3. The molecule has 0 fully saturated rings. The molecular formula is C11H14BrClN2OS. The highest BCUT2D eigenvalue weighted by Gasteiger charge is 2.09. The van der Waals surface area contributed by atoms with Gasteiger partial charge in [-0.2, -0.15) is 0 Å². The summed E-state index contributed by atoms with van der Waals surface area (Å²) in [6.45, 7) is 2.58. The van der Waals surface area contributed by atoms with Crippen LogP contribution in [0.5, 0.6) is 0 Å². The fraction of sp³-hybridized carbons (Fsp3) is 0.364. The van der Waals surface area contributed by atoms with Gasteiger partial charge in [0.1, 0.15) is 0 Å². The lowest BCUT2D eigenvalue weighted by molar-refractivity contribution is 0.0957. The maximum absolute atomic E-state index is 11.7. The first-order valence-corrected chi connectivity index (χ1v) is 6.84. The minimum absolute atomic E-state index is 0. The molecule has 2 heterocycles. The first-order valence-electron chi connectivity index (χ1n) is 5.16. The van der Waals surface area contributed by atoms with Gasteiger partial charge in [-0.1, -0.05) is 11.6 Å². The van der Waals surface area contributed by atoms with Crippen LogP contribution in [0.4, 0.5) is 0 Å². The molecule has 1 aliphatic rings. The van der Waals surface area contributed by atoms with Gasteiger partial charge < -0.3 is 10.6 Å². The number of nitrogens with one attached hydrogen (secondary N) is 2. The molecule has 1 amide bonds. The van der Waals surface area contributed by atoms with E-state index >= 15 is 0 Å². The fourth-order valence-corrected chi connectivity index (χ4v) is 2.69. The van der Waals surface area contributed by atoms with E-state index in [0.29, 0.717) is 6.54 Å². The summed E-state index contributed by atoms with van der Waals surface area (Å²) < 4.78 is 0.985. The average Bonchev–Trinajstić information content (AvgIpc) is 2.74. The normalized spacial score (nSPS) is 14.8. The third kappa shape index (κ3) is 4.43. The maximum atomic E-state index is 11.7. The quantitative estimate of drug-likeness (QED) is 0.832. The van der Waals surface area contributed by atoms with E-state index < -0.39 is 0 Å². The van der Waals surface area contributed by atoms with E-state index in [4.69, 9.17) is 0 Å². The molecule has 17 heavy (non-hydrogen) atoms. The Morgan fingerprint density at radius 3 is 3.00 bits per heavy atom. The van der Waals surface area contributed by atoms with E-state index in [2.05, 4.69) is 32.6 Å². The van der Waals surface area contributed by atoms with Gasteiger partial charge in [0.2, 0.25) is 0 Å². The van der Waals surface area contributed by atoms with Crippen LogP contribution in [0.25, 0.3) is 0 Å². The van der Waals surface area contributed by atoms with Crippen molar-refractivity contribution in [2.75, 3.05) is 19.6 Å². The molecule has 6 heteroatoms. The molecule has 0 radical (unpaired) electrons. The minimum Gasteiger partial charge on any atom is -0.348 e. The molecule has 0 unspecified atom stereocenters. The number of rotatable bonds is 3. The van der Waals surface area contributed by atoms with Crippen LogP contribution in [0.3, 0.4) is 0 Å². The second-order valence-corrected chi connectivity index (χ2v) is 5.93. The number of hydrogen-bond donors (Lipinski definition) is 2. The van der Waals surface area contributed by atoms with Crippen LogP contribution in [0.1, 0.15) is 16.8 Å². The summed E-state index contributed by atoms with van der Waals surface area (Å²) in [5.41, 5.74) is 2.04. The van der Waals surface area contributed by atoms with Crippen molar-refractivity contribution in [3.63, 3.8) is 0 Å². The Kier molecular flexibility index (Phi) is 6.19. The molecule has 3 nitrogen and oxygen atoms in total.